The Morgan fingerprint density at radius 1 is 1.38 bits per heavy atom. The fourth-order valence-electron chi connectivity index (χ4n) is 1.57. The Morgan fingerprint density at radius 2 is 1.90 bits per heavy atom. The molecule has 8 heteroatoms. The largest absolute Gasteiger partial charge is 0.432 e. The van der Waals surface area contributed by atoms with Gasteiger partial charge in [-0.25, -0.2) is 0 Å². The molecular formula is C13H16Cl2F2N2O2. The van der Waals surface area contributed by atoms with Gasteiger partial charge in [-0.2, -0.15) is 8.78 Å². The zero-order valence-electron chi connectivity index (χ0n) is 11.5. The zero-order chi connectivity index (χ0) is 16.2. The van der Waals surface area contributed by atoms with Gasteiger partial charge in [-0.15, -0.1) is 0 Å². The number of rotatable bonds is 6. The van der Waals surface area contributed by atoms with Gasteiger partial charge in [0.05, 0.1) is 16.1 Å². The van der Waals surface area contributed by atoms with Crippen LogP contribution >= 0.6 is 23.2 Å². The number of ether oxygens (including phenoxy) is 1. The molecule has 2 unspecified atom stereocenters. The van der Waals surface area contributed by atoms with Crippen LogP contribution in [0.15, 0.2) is 12.1 Å². The number of hydrogen-bond donors (Lipinski definition) is 2. The second-order valence-corrected chi connectivity index (χ2v) is 5.36. The van der Waals surface area contributed by atoms with Crippen molar-refractivity contribution in [3.63, 3.8) is 0 Å². The lowest BCUT2D eigenvalue weighted by Crippen LogP contribution is -2.40. The van der Waals surface area contributed by atoms with Crippen LogP contribution in [-0.4, -0.2) is 18.6 Å². The summed E-state index contributed by atoms with van der Waals surface area (Å²) in [6, 6.07) is 1.85. The van der Waals surface area contributed by atoms with Crippen LogP contribution in [0.2, 0.25) is 10.0 Å². The summed E-state index contributed by atoms with van der Waals surface area (Å²) in [6.45, 7) is 0.727. The van der Waals surface area contributed by atoms with Crippen molar-refractivity contribution in [2.24, 2.45) is 11.7 Å². The first kappa shape index (κ1) is 17.9. The van der Waals surface area contributed by atoms with Gasteiger partial charge in [-0.05, 0) is 18.1 Å². The molecule has 2 atom stereocenters. The van der Waals surface area contributed by atoms with E-state index in [-0.39, 0.29) is 27.4 Å². The molecule has 1 amide bonds. The quantitative estimate of drug-likeness (QED) is 0.825. The summed E-state index contributed by atoms with van der Waals surface area (Å²) < 4.78 is 28.6. The first-order valence-corrected chi connectivity index (χ1v) is 7.02. The van der Waals surface area contributed by atoms with E-state index in [4.69, 9.17) is 28.9 Å². The number of hydrogen-bond acceptors (Lipinski definition) is 3. The molecule has 0 radical (unpaired) electrons. The van der Waals surface area contributed by atoms with Crippen LogP contribution in [0, 0.1) is 5.92 Å². The van der Waals surface area contributed by atoms with Crippen LogP contribution in [0.25, 0.3) is 0 Å². The average molecular weight is 341 g/mol. The number of anilines is 1. The smallest absolute Gasteiger partial charge is 0.387 e. The third-order valence-corrected chi connectivity index (χ3v) is 3.59. The summed E-state index contributed by atoms with van der Waals surface area (Å²) in [5.41, 5.74) is 6.05. The lowest BCUT2D eigenvalue weighted by Gasteiger charge is -2.18. The van der Waals surface area contributed by atoms with E-state index in [1.54, 1.807) is 0 Å². The van der Waals surface area contributed by atoms with Gasteiger partial charge < -0.3 is 15.8 Å². The highest BCUT2D eigenvalue weighted by molar-refractivity contribution is 6.37. The number of amides is 1. The highest BCUT2D eigenvalue weighted by Gasteiger charge is 2.21. The molecule has 0 aliphatic heterocycles. The molecule has 0 aliphatic rings. The summed E-state index contributed by atoms with van der Waals surface area (Å²) in [5.74, 6) is -0.742. The van der Waals surface area contributed by atoms with Crippen molar-refractivity contribution < 1.29 is 18.3 Å². The van der Waals surface area contributed by atoms with E-state index in [1.165, 1.54) is 12.1 Å². The van der Waals surface area contributed by atoms with Gasteiger partial charge in [0, 0.05) is 5.69 Å². The monoisotopic (exact) mass is 340 g/mol. The molecule has 0 spiro atoms. The maximum absolute atomic E-state index is 12.2. The number of benzene rings is 1. The Balaban J connectivity index is 2.89. The minimum atomic E-state index is -3.04. The minimum Gasteiger partial charge on any atom is -0.432 e. The Labute approximate surface area is 131 Å². The van der Waals surface area contributed by atoms with E-state index in [0.717, 1.165) is 6.42 Å². The van der Waals surface area contributed by atoms with Crippen molar-refractivity contribution in [3.05, 3.63) is 22.2 Å². The molecule has 0 saturated heterocycles. The second kappa shape index (κ2) is 7.77. The summed E-state index contributed by atoms with van der Waals surface area (Å²) in [4.78, 5) is 11.9. The number of alkyl halides is 2. The normalized spacial score (nSPS) is 13.9. The van der Waals surface area contributed by atoms with E-state index < -0.39 is 18.6 Å². The SMILES string of the molecule is CCC(C)C(N)C(=O)Nc1cc(Cl)c(OC(F)F)c(Cl)c1. The predicted molar refractivity (Wildman–Crippen MR) is 79.2 cm³/mol. The minimum absolute atomic E-state index is 0.00242. The summed E-state index contributed by atoms with van der Waals surface area (Å²) >= 11 is 11.6. The average Bonchev–Trinajstić information content (AvgIpc) is 2.40. The maximum atomic E-state index is 12.2. The number of halogens is 4. The van der Waals surface area contributed by atoms with Gasteiger partial charge in [-0.1, -0.05) is 43.5 Å². The number of carbonyl (C=O) groups excluding carboxylic acids is 1. The van der Waals surface area contributed by atoms with Crippen LogP contribution in [-0.2, 0) is 4.79 Å². The highest BCUT2D eigenvalue weighted by Crippen LogP contribution is 2.37. The van der Waals surface area contributed by atoms with Gasteiger partial charge in [0.1, 0.15) is 0 Å². The summed E-state index contributed by atoms with van der Waals surface area (Å²) in [7, 11) is 0. The van der Waals surface area contributed by atoms with Crippen molar-refractivity contribution in [1.82, 2.24) is 0 Å². The summed E-state index contributed by atoms with van der Waals surface area (Å²) in [6.07, 6.45) is 0.747. The van der Waals surface area contributed by atoms with Crippen molar-refractivity contribution >= 4 is 34.8 Å². The Hall–Kier alpha value is -1.11. The van der Waals surface area contributed by atoms with E-state index in [1.807, 2.05) is 13.8 Å². The van der Waals surface area contributed by atoms with Gasteiger partial charge in [0.15, 0.2) is 5.75 Å². The molecular weight excluding hydrogens is 325 g/mol. The molecule has 0 fully saturated rings. The van der Waals surface area contributed by atoms with Gasteiger partial charge in [-0.3, -0.25) is 4.79 Å². The van der Waals surface area contributed by atoms with E-state index in [2.05, 4.69) is 10.1 Å². The Bertz CT molecular complexity index is 492. The van der Waals surface area contributed by atoms with Crippen molar-refractivity contribution in [3.8, 4) is 5.75 Å². The Morgan fingerprint density at radius 3 is 2.33 bits per heavy atom. The van der Waals surface area contributed by atoms with Gasteiger partial charge in [0.2, 0.25) is 5.91 Å². The third kappa shape index (κ3) is 4.98. The van der Waals surface area contributed by atoms with Crippen LogP contribution in [0.3, 0.4) is 0 Å². The molecule has 1 rings (SSSR count). The zero-order valence-corrected chi connectivity index (χ0v) is 13.0. The van der Waals surface area contributed by atoms with Gasteiger partial charge in [0.25, 0.3) is 0 Å². The topological polar surface area (TPSA) is 64.4 Å². The number of nitrogens with two attached hydrogens (primary N) is 1. The molecule has 0 heterocycles. The molecule has 1 aromatic rings. The predicted octanol–water partition coefficient (Wildman–Crippen LogP) is 3.91. The molecule has 0 aliphatic carbocycles. The fourth-order valence-corrected chi connectivity index (χ4v) is 2.15. The third-order valence-electron chi connectivity index (χ3n) is 3.03. The second-order valence-electron chi connectivity index (χ2n) is 4.55. The summed E-state index contributed by atoms with van der Waals surface area (Å²) in [5, 5.41) is 2.28. The lowest BCUT2D eigenvalue weighted by atomic mass is 9.99. The molecule has 0 bridgehead atoms. The standard InChI is InChI=1S/C13H16Cl2F2N2O2/c1-3-6(2)10(18)12(20)19-7-4-8(14)11(9(15)5-7)21-13(16)17/h4-6,10,13H,3,18H2,1-2H3,(H,19,20). The molecule has 4 nitrogen and oxygen atoms in total. The lowest BCUT2D eigenvalue weighted by molar-refractivity contribution is -0.118. The van der Waals surface area contributed by atoms with Crippen LogP contribution < -0.4 is 15.8 Å². The van der Waals surface area contributed by atoms with Crippen molar-refractivity contribution in [2.75, 3.05) is 5.32 Å². The van der Waals surface area contributed by atoms with E-state index in [9.17, 15) is 13.6 Å². The number of nitrogens with one attached hydrogen (secondary N) is 1. The first-order valence-electron chi connectivity index (χ1n) is 6.26. The maximum Gasteiger partial charge on any atom is 0.387 e. The number of carbonyl (C=O) groups is 1. The molecule has 0 aromatic heterocycles. The molecule has 1 aromatic carbocycles. The Kier molecular flexibility index (Phi) is 6.64. The fraction of sp³-hybridized carbons (Fsp3) is 0.462. The van der Waals surface area contributed by atoms with E-state index in [0.29, 0.717) is 0 Å². The molecule has 0 saturated carbocycles. The van der Waals surface area contributed by atoms with Crippen LogP contribution in [0.4, 0.5) is 14.5 Å². The van der Waals surface area contributed by atoms with Crippen molar-refractivity contribution in [2.45, 2.75) is 32.9 Å². The first-order chi connectivity index (χ1) is 9.76. The van der Waals surface area contributed by atoms with Gasteiger partial charge >= 0.3 is 6.61 Å². The highest BCUT2D eigenvalue weighted by atomic mass is 35.5. The van der Waals surface area contributed by atoms with Crippen LogP contribution in [0.5, 0.6) is 5.75 Å². The molecule has 3 N–H and O–H groups in total. The van der Waals surface area contributed by atoms with E-state index >= 15 is 0 Å². The van der Waals surface area contributed by atoms with Crippen molar-refractivity contribution in [1.29, 1.82) is 0 Å². The molecule has 21 heavy (non-hydrogen) atoms. The van der Waals surface area contributed by atoms with Crippen LogP contribution in [0.1, 0.15) is 20.3 Å². The molecule has 118 valence electrons.